The molecule has 88 valence electrons. The molecular formula is C12H15ClO3. The highest BCUT2D eigenvalue weighted by Crippen LogP contribution is 2.43. The molecule has 0 amide bonds. The van der Waals surface area contributed by atoms with Crippen LogP contribution >= 0.6 is 11.6 Å². The van der Waals surface area contributed by atoms with Crippen molar-refractivity contribution in [2.75, 3.05) is 13.4 Å². The van der Waals surface area contributed by atoms with Crippen LogP contribution in [0.25, 0.3) is 0 Å². The molecule has 0 unspecified atom stereocenters. The lowest BCUT2D eigenvalue weighted by atomic mass is 9.99. The lowest BCUT2D eigenvalue weighted by Gasteiger charge is -2.11. The van der Waals surface area contributed by atoms with Crippen molar-refractivity contribution in [3.63, 3.8) is 0 Å². The molecule has 1 aromatic carbocycles. The van der Waals surface area contributed by atoms with Crippen LogP contribution in [0.4, 0.5) is 0 Å². The minimum absolute atomic E-state index is 0.190. The molecule has 16 heavy (non-hydrogen) atoms. The summed E-state index contributed by atoms with van der Waals surface area (Å²) in [7, 11) is 0. The van der Waals surface area contributed by atoms with Crippen LogP contribution in [0.2, 0.25) is 5.02 Å². The average molecular weight is 243 g/mol. The maximum atomic E-state index is 8.86. The molecule has 0 atom stereocenters. The Morgan fingerprint density at radius 2 is 2.12 bits per heavy atom. The SMILES string of the molecule is CCc1c(CCCO)cc(Cl)c2c1OCO2. The third-order valence-electron chi connectivity index (χ3n) is 2.75. The van der Waals surface area contributed by atoms with Gasteiger partial charge in [0.1, 0.15) is 0 Å². The van der Waals surface area contributed by atoms with Crippen LogP contribution in [0.5, 0.6) is 11.5 Å². The molecule has 4 heteroatoms. The summed E-state index contributed by atoms with van der Waals surface area (Å²) in [5.41, 5.74) is 2.29. The molecule has 0 aromatic heterocycles. The molecule has 0 spiro atoms. The Labute approximate surface area is 99.9 Å². The Kier molecular flexibility index (Phi) is 3.56. The van der Waals surface area contributed by atoms with Crippen molar-refractivity contribution >= 4 is 11.6 Å². The number of halogens is 1. The largest absolute Gasteiger partial charge is 0.453 e. The third kappa shape index (κ3) is 1.97. The van der Waals surface area contributed by atoms with Crippen molar-refractivity contribution in [3.05, 3.63) is 22.2 Å². The maximum Gasteiger partial charge on any atom is 0.231 e. The standard InChI is InChI=1S/C12H15ClO3/c1-2-9-8(4-3-5-14)6-10(13)12-11(9)15-7-16-12/h6,14H,2-5,7H2,1H3. The summed E-state index contributed by atoms with van der Waals surface area (Å²) in [4.78, 5) is 0. The monoisotopic (exact) mass is 242 g/mol. The van der Waals surface area contributed by atoms with Crippen LogP contribution in [0.1, 0.15) is 24.5 Å². The molecule has 0 bridgehead atoms. The van der Waals surface area contributed by atoms with Crippen LogP contribution in [0.15, 0.2) is 6.07 Å². The van der Waals surface area contributed by atoms with E-state index >= 15 is 0 Å². The van der Waals surface area contributed by atoms with Gasteiger partial charge in [0.05, 0.1) is 5.02 Å². The van der Waals surface area contributed by atoms with E-state index in [1.54, 1.807) is 0 Å². The summed E-state index contributed by atoms with van der Waals surface area (Å²) in [5, 5.41) is 9.46. The zero-order valence-electron chi connectivity index (χ0n) is 9.25. The number of hydrogen-bond donors (Lipinski definition) is 1. The van der Waals surface area contributed by atoms with E-state index in [1.807, 2.05) is 6.07 Å². The fraction of sp³-hybridized carbons (Fsp3) is 0.500. The lowest BCUT2D eigenvalue weighted by Crippen LogP contribution is -1.98. The molecular weight excluding hydrogens is 228 g/mol. The molecule has 0 saturated heterocycles. The zero-order valence-corrected chi connectivity index (χ0v) is 10.0. The fourth-order valence-electron chi connectivity index (χ4n) is 2.01. The number of rotatable bonds is 4. The number of ether oxygens (including phenoxy) is 2. The maximum absolute atomic E-state index is 8.86. The Hall–Kier alpha value is -0.930. The van der Waals surface area contributed by atoms with E-state index in [0.717, 1.165) is 36.1 Å². The first-order valence-corrected chi connectivity index (χ1v) is 5.86. The molecule has 2 rings (SSSR count). The third-order valence-corrected chi connectivity index (χ3v) is 3.03. The van der Waals surface area contributed by atoms with Gasteiger partial charge >= 0.3 is 0 Å². The van der Waals surface area contributed by atoms with Gasteiger partial charge in [0, 0.05) is 12.2 Å². The highest BCUT2D eigenvalue weighted by Gasteiger charge is 2.23. The average Bonchev–Trinajstić information content (AvgIpc) is 2.76. The van der Waals surface area contributed by atoms with Gasteiger partial charge in [-0.1, -0.05) is 18.5 Å². The topological polar surface area (TPSA) is 38.7 Å². The molecule has 0 radical (unpaired) electrons. The van der Waals surface area contributed by atoms with Crippen molar-refractivity contribution in [3.8, 4) is 11.5 Å². The normalized spacial score (nSPS) is 13.2. The van der Waals surface area contributed by atoms with Crippen molar-refractivity contribution in [2.24, 2.45) is 0 Å². The van der Waals surface area contributed by atoms with Crippen molar-refractivity contribution in [1.29, 1.82) is 0 Å². The van der Waals surface area contributed by atoms with Gasteiger partial charge < -0.3 is 14.6 Å². The second-order valence-electron chi connectivity index (χ2n) is 3.74. The molecule has 1 heterocycles. The van der Waals surface area contributed by atoms with E-state index in [4.69, 9.17) is 26.2 Å². The van der Waals surface area contributed by atoms with E-state index in [1.165, 1.54) is 0 Å². The van der Waals surface area contributed by atoms with Crippen LogP contribution in [-0.4, -0.2) is 18.5 Å². The van der Waals surface area contributed by atoms with Gasteiger partial charge in [-0.2, -0.15) is 0 Å². The lowest BCUT2D eigenvalue weighted by molar-refractivity contribution is 0.173. The number of aryl methyl sites for hydroxylation is 1. The first-order chi connectivity index (χ1) is 7.77. The number of fused-ring (bicyclic) bond motifs is 1. The molecule has 1 N–H and O–H groups in total. The van der Waals surface area contributed by atoms with E-state index in [9.17, 15) is 0 Å². The van der Waals surface area contributed by atoms with Crippen LogP contribution < -0.4 is 9.47 Å². The van der Waals surface area contributed by atoms with Crippen LogP contribution in [0.3, 0.4) is 0 Å². The van der Waals surface area contributed by atoms with Gasteiger partial charge in [-0.25, -0.2) is 0 Å². The van der Waals surface area contributed by atoms with Crippen molar-refractivity contribution in [1.82, 2.24) is 0 Å². The summed E-state index contributed by atoms with van der Waals surface area (Å²) < 4.78 is 10.8. The number of aliphatic hydroxyl groups excluding tert-OH is 1. The molecule has 0 saturated carbocycles. The van der Waals surface area contributed by atoms with Gasteiger partial charge in [0.25, 0.3) is 0 Å². The summed E-state index contributed by atoms with van der Waals surface area (Å²) in [6, 6.07) is 1.92. The van der Waals surface area contributed by atoms with Gasteiger partial charge in [0.15, 0.2) is 11.5 Å². The smallest absolute Gasteiger partial charge is 0.231 e. The molecule has 1 aliphatic rings. The number of aliphatic hydroxyl groups is 1. The molecule has 0 aliphatic carbocycles. The Bertz CT molecular complexity index is 390. The molecule has 1 aromatic rings. The zero-order chi connectivity index (χ0) is 11.5. The first kappa shape index (κ1) is 11.6. The summed E-state index contributed by atoms with van der Waals surface area (Å²) >= 11 is 6.12. The van der Waals surface area contributed by atoms with Crippen LogP contribution in [-0.2, 0) is 12.8 Å². The Morgan fingerprint density at radius 1 is 1.38 bits per heavy atom. The van der Waals surface area contributed by atoms with Crippen molar-refractivity contribution in [2.45, 2.75) is 26.2 Å². The van der Waals surface area contributed by atoms with Gasteiger partial charge in [-0.15, -0.1) is 0 Å². The minimum Gasteiger partial charge on any atom is -0.453 e. The fourth-order valence-corrected chi connectivity index (χ4v) is 2.28. The van der Waals surface area contributed by atoms with E-state index in [2.05, 4.69) is 6.92 Å². The van der Waals surface area contributed by atoms with Gasteiger partial charge in [0.2, 0.25) is 6.79 Å². The molecule has 1 aliphatic heterocycles. The Morgan fingerprint density at radius 3 is 2.81 bits per heavy atom. The second-order valence-corrected chi connectivity index (χ2v) is 4.15. The van der Waals surface area contributed by atoms with E-state index in [-0.39, 0.29) is 13.4 Å². The number of hydrogen-bond acceptors (Lipinski definition) is 3. The highest BCUT2D eigenvalue weighted by atomic mass is 35.5. The number of benzene rings is 1. The van der Waals surface area contributed by atoms with Gasteiger partial charge in [-0.05, 0) is 30.9 Å². The van der Waals surface area contributed by atoms with Crippen molar-refractivity contribution < 1.29 is 14.6 Å². The predicted octanol–water partition coefficient (Wildman–Crippen LogP) is 2.56. The predicted molar refractivity (Wildman–Crippen MR) is 62.4 cm³/mol. The summed E-state index contributed by atoms with van der Waals surface area (Å²) in [5.74, 6) is 1.44. The summed E-state index contributed by atoms with van der Waals surface area (Å²) in [6.45, 7) is 2.51. The van der Waals surface area contributed by atoms with Crippen LogP contribution in [0, 0.1) is 0 Å². The quantitative estimate of drug-likeness (QED) is 0.882. The summed E-state index contributed by atoms with van der Waals surface area (Å²) in [6.07, 6.45) is 2.43. The van der Waals surface area contributed by atoms with E-state index < -0.39 is 0 Å². The molecule has 3 nitrogen and oxygen atoms in total. The molecule has 0 fully saturated rings. The Balaban J connectivity index is 2.41. The van der Waals surface area contributed by atoms with E-state index in [0.29, 0.717) is 10.8 Å². The first-order valence-electron chi connectivity index (χ1n) is 5.48. The highest BCUT2D eigenvalue weighted by molar-refractivity contribution is 6.32. The minimum atomic E-state index is 0.190. The second kappa shape index (κ2) is 4.93. The van der Waals surface area contributed by atoms with Gasteiger partial charge in [-0.3, -0.25) is 0 Å².